The molecule has 0 saturated carbocycles. The first-order chi connectivity index (χ1) is 10.7. The molecule has 7 nitrogen and oxygen atoms in total. The normalized spacial score (nSPS) is 21.2. The molecule has 2 aromatic rings. The van der Waals surface area contributed by atoms with Crippen molar-refractivity contribution in [1.82, 2.24) is 20.0 Å². The fraction of sp³-hybridized carbons (Fsp3) is 0.533. The lowest BCUT2D eigenvalue weighted by molar-refractivity contribution is -0.121. The van der Waals surface area contributed by atoms with E-state index in [1.54, 1.807) is 10.9 Å². The summed E-state index contributed by atoms with van der Waals surface area (Å²) in [5.41, 5.74) is 1.97. The highest BCUT2D eigenvalue weighted by atomic mass is 16.5. The Morgan fingerprint density at radius 3 is 3.18 bits per heavy atom. The molecule has 0 aliphatic carbocycles. The fourth-order valence-corrected chi connectivity index (χ4v) is 2.82. The minimum Gasteiger partial charge on any atom is -0.373 e. The molecule has 0 unspecified atom stereocenters. The summed E-state index contributed by atoms with van der Waals surface area (Å²) in [5.74, 6) is 0.307. The number of aromatic amines is 1. The molecule has 3 rings (SSSR count). The molecule has 22 heavy (non-hydrogen) atoms. The topological polar surface area (TPSA) is 84.8 Å². The van der Waals surface area contributed by atoms with Crippen LogP contribution in [0.25, 0.3) is 0 Å². The maximum Gasteiger partial charge on any atom is 0.231 e. The average Bonchev–Trinajstić information content (AvgIpc) is 3.19. The van der Waals surface area contributed by atoms with Gasteiger partial charge in [-0.1, -0.05) is 13.3 Å². The van der Waals surface area contributed by atoms with Crippen LogP contribution in [-0.2, 0) is 23.0 Å². The average molecular weight is 303 g/mol. The van der Waals surface area contributed by atoms with Gasteiger partial charge in [0.15, 0.2) is 5.82 Å². The molecule has 0 bridgehead atoms. The fourth-order valence-electron chi connectivity index (χ4n) is 2.82. The van der Waals surface area contributed by atoms with Crippen molar-refractivity contribution in [2.45, 2.75) is 32.3 Å². The van der Waals surface area contributed by atoms with Crippen molar-refractivity contribution in [1.29, 1.82) is 0 Å². The van der Waals surface area contributed by atoms with Crippen molar-refractivity contribution < 1.29 is 9.53 Å². The number of rotatable bonds is 5. The van der Waals surface area contributed by atoms with E-state index in [0.29, 0.717) is 18.8 Å². The summed E-state index contributed by atoms with van der Waals surface area (Å²) in [6.07, 6.45) is 6.08. The largest absolute Gasteiger partial charge is 0.373 e. The van der Waals surface area contributed by atoms with E-state index in [1.807, 2.05) is 19.3 Å². The van der Waals surface area contributed by atoms with Crippen molar-refractivity contribution in [2.75, 3.05) is 11.9 Å². The molecule has 118 valence electrons. The second-order valence-electron chi connectivity index (χ2n) is 5.65. The summed E-state index contributed by atoms with van der Waals surface area (Å²) in [5, 5.41) is 14.1. The number of amides is 1. The van der Waals surface area contributed by atoms with Gasteiger partial charge in [-0.3, -0.25) is 14.6 Å². The van der Waals surface area contributed by atoms with E-state index >= 15 is 0 Å². The molecule has 0 spiro atoms. The Hall–Kier alpha value is -2.15. The van der Waals surface area contributed by atoms with Crippen LogP contribution in [0.5, 0.6) is 0 Å². The van der Waals surface area contributed by atoms with Gasteiger partial charge in [0.25, 0.3) is 0 Å². The molecule has 2 atom stereocenters. The molecular weight excluding hydrogens is 282 g/mol. The Kier molecular flexibility index (Phi) is 4.24. The highest BCUT2D eigenvalue weighted by Gasteiger charge is 2.36. The first kappa shape index (κ1) is 14.8. The first-order valence-corrected chi connectivity index (χ1v) is 7.62. The van der Waals surface area contributed by atoms with Crippen molar-refractivity contribution in [3.8, 4) is 0 Å². The number of carbonyl (C=O) groups excluding carboxylic acids is 1. The third-order valence-electron chi connectivity index (χ3n) is 3.88. The van der Waals surface area contributed by atoms with E-state index < -0.39 is 0 Å². The van der Waals surface area contributed by atoms with E-state index in [0.717, 1.165) is 24.1 Å². The van der Waals surface area contributed by atoms with Crippen LogP contribution in [-0.4, -0.2) is 32.5 Å². The van der Waals surface area contributed by atoms with Crippen LogP contribution in [0.3, 0.4) is 0 Å². The number of hydrogen-bond donors (Lipinski definition) is 2. The highest BCUT2D eigenvalue weighted by molar-refractivity contribution is 5.92. The van der Waals surface area contributed by atoms with Crippen molar-refractivity contribution in [3.05, 3.63) is 29.7 Å². The summed E-state index contributed by atoms with van der Waals surface area (Å²) in [6.45, 7) is 2.69. The van der Waals surface area contributed by atoms with Crippen molar-refractivity contribution >= 4 is 11.7 Å². The maximum absolute atomic E-state index is 12.5. The molecule has 1 fully saturated rings. The Labute approximate surface area is 129 Å². The number of ether oxygens (including phenoxy) is 1. The molecular formula is C15H21N5O2. The molecule has 7 heteroatoms. The molecule has 2 N–H and O–H groups in total. The maximum atomic E-state index is 12.5. The Morgan fingerprint density at radius 1 is 1.59 bits per heavy atom. The van der Waals surface area contributed by atoms with Gasteiger partial charge in [-0.25, -0.2) is 0 Å². The van der Waals surface area contributed by atoms with Gasteiger partial charge in [0.1, 0.15) is 0 Å². The van der Waals surface area contributed by atoms with E-state index in [1.165, 1.54) is 0 Å². The highest BCUT2D eigenvalue weighted by Crippen LogP contribution is 2.35. The minimum absolute atomic E-state index is 0.0547. The number of nitrogens with one attached hydrogen (secondary N) is 2. The Morgan fingerprint density at radius 2 is 2.45 bits per heavy atom. The minimum atomic E-state index is -0.234. The summed E-state index contributed by atoms with van der Waals surface area (Å²) < 4.78 is 7.44. The van der Waals surface area contributed by atoms with Gasteiger partial charge in [0.2, 0.25) is 5.91 Å². The van der Waals surface area contributed by atoms with Gasteiger partial charge in [0.05, 0.1) is 18.2 Å². The standard InChI is InChI=1S/C15H21N5O2/c1-3-4-11-7-13(19-18-11)17-15(21)12-5-6-22-14(12)10-8-16-20(2)9-10/h7-9,12,14H,3-6H2,1-2H3,(H2,17,18,19,21)/t12-,14+/m0/s1. The lowest BCUT2D eigenvalue weighted by atomic mass is 9.96. The van der Waals surface area contributed by atoms with E-state index in [9.17, 15) is 4.79 Å². The van der Waals surface area contributed by atoms with E-state index in [4.69, 9.17) is 4.74 Å². The first-order valence-electron chi connectivity index (χ1n) is 7.62. The predicted molar refractivity (Wildman–Crippen MR) is 81.2 cm³/mol. The summed E-state index contributed by atoms with van der Waals surface area (Å²) in [4.78, 5) is 12.5. The van der Waals surface area contributed by atoms with E-state index in [-0.39, 0.29) is 17.9 Å². The van der Waals surface area contributed by atoms with Crippen LogP contribution in [0.1, 0.15) is 37.1 Å². The second kappa shape index (κ2) is 6.31. The summed E-state index contributed by atoms with van der Waals surface area (Å²) in [6, 6.07) is 1.89. The van der Waals surface area contributed by atoms with Crippen LogP contribution in [0.2, 0.25) is 0 Å². The van der Waals surface area contributed by atoms with Gasteiger partial charge < -0.3 is 10.1 Å². The molecule has 1 aliphatic rings. The number of carbonyl (C=O) groups is 1. The van der Waals surface area contributed by atoms with Crippen LogP contribution in [0.15, 0.2) is 18.5 Å². The van der Waals surface area contributed by atoms with Crippen LogP contribution >= 0.6 is 0 Å². The number of nitrogens with zero attached hydrogens (tertiary/aromatic N) is 3. The molecule has 1 aliphatic heterocycles. The molecule has 0 radical (unpaired) electrons. The van der Waals surface area contributed by atoms with Crippen molar-refractivity contribution in [3.63, 3.8) is 0 Å². The van der Waals surface area contributed by atoms with E-state index in [2.05, 4.69) is 27.5 Å². The molecule has 1 amide bonds. The SMILES string of the molecule is CCCc1cc(NC(=O)[C@H]2CCO[C@@H]2c2cnn(C)c2)n[nH]1. The van der Waals surface area contributed by atoms with Gasteiger partial charge >= 0.3 is 0 Å². The monoisotopic (exact) mass is 303 g/mol. The zero-order valence-corrected chi connectivity index (χ0v) is 12.9. The quantitative estimate of drug-likeness (QED) is 0.882. The lowest BCUT2D eigenvalue weighted by Crippen LogP contribution is -2.25. The number of H-pyrrole nitrogens is 1. The third-order valence-corrected chi connectivity index (χ3v) is 3.88. The molecule has 1 saturated heterocycles. The summed E-state index contributed by atoms with van der Waals surface area (Å²) in [7, 11) is 1.85. The zero-order chi connectivity index (χ0) is 15.5. The van der Waals surface area contributed by atoms with Crippen LogP contribution in [0.4, 0.5) is 5.82 Å². The molecule has 0 aromatic carbocycles. The number of anilines is 1. The summed E-state index contributed by atoms with van der Waals surface area (Å²) >= 11 is 0. The third kappa shape index (κ3) is 3.04. The molecule has 2 aromatic heterocycles. The smallest absolute Gasteiger partial charge is 0.231 e. The Bertz CT molecular complexity index is 648. The lowest BCUT2D eigenvalue weighted by Gasteiger charge is -2.16. The van der Waals surface area contributed by atoms with Crippen LogP contribution < -0.4 is 5.32 Å². The molecule has 3 heterocycles. The van der Waals surface area contributed by atoms with Gasteiger partial charge in [-0.2, -0.15) is 10.2 Å². The predicted octanol–water partition coefficient (Wildman–Crippen LogP) is 1.81. The van der Waals surface area contributed by atoms with Gasteiger partial charge in [-0.05, 0) is 12.8 Å². The van der Waals surface area contributed by atoms with Gasteiger partial charge in [-0.15, -0.1) is 0 Å². The number of hydrogen-bond acceptors (Lipinski definition) is 4. The number of aromatic nitrogens is 4. The number of aryl methyl sites for hydroxylation is 2. The Balaban J connectivity index is 1.67. The van der Waals surface area contributed by atoms with Crippen molar-refractivity contribution in [2.24, 2.45) is 13.0 Å². The zero-order valence-electron chi connectivity index (χ0n) is 12.9. The van der Waals surface area contributed by atoms with Crippen LogP contribution in [0, 0.1) is 5.92 Å². The second-order valence-corrected chi connectivity index (χ2v) is 5.65. The van der Waals surface area contributed by atoms with Gasteiger partial charge in [0, 0.05) is 37.2 Å².